The molecule has 1 unspecified atom stereocenters. The van der Waals surface area contributed by atoms with E-state index in [0.717, 1.165) is 12.8 Å². The lowest BCUT2D eigenvalue weighted by molar-refractivity contribution is 0.0945. The fraction of sp³-hybridized carbons (Fsp3) is 0.615. The van der Waals surface area contributed by atoms with Crippen LogP contribution < -0.4 is 10.2 Å². The molecule has 1 aromatic heterocycles. The Labute approximate surface area is 123 Å². The lowest BCUT2D eigenvalue weighted by atomic mass is 10.2. The van der Waals surface area contributed by atoms with Crippen LogP contribution in [0.1, 0.15) is 29.8 Å². The smallest absolute Gasteiger partial charge is 0.271 e. The summed E-state index contributed by atoms with van der Waals surface area (Å²) in [4.78, 5) is 22.0. The molecule has 1 aromatic rings. The molecule has 1 saturated carbocycles. The van der Waals surface area contributed by atoms with Crippen LogP contribution in [-0.2, 0) is 9.84 Å². The average Bonchev–Trinajstić information content (AvgIpc) is 3.19. The topological polar surface area (TPSA) is 92.3 Å². The number of hydrogen-bond acceptors (Lipinski definition) is 6. The molecule has 1 aliphatic heterocycles. The Morgan fingerprint density at radius 3 is 2.57 bits per heavy atom. The fourth-order valence-corrected chi connectivity index (χ4v) is 4.15. The highest BCUT2D eigenvalue weighted by Gasteiger charge is 2.31. The minimum atomic E-state index is -2.93. The number of nitrogens with zero attached hydrogens (tertiary/aromatic N) is 3. The van der Waals surface area contributed by atoms with Gasteiger partial charge in [0, 0.05) is 19.1 Å². The lowest BCUT2D eigenvalue weighted by Crippen LogP contribution is -2.33. The molecule has 2 heterocycles. The van der Waals surface area contributed by atoms with Crippen molar-refractivity contribution in [3.8, 4) is 0 Å². The van der Waals surface area contributed by atoms with Crippen molar-refractivity contribution in [1.29, 1.82) is 0 Å². The van der Waals surface area contributed by atoms with E-state index in [1.807, 2.05) is 4.90 Å². The zero-order valence-electron chi connectivity index (χ0n) is 11.8. The van der Waals surface area contributed by atoms with Gasteiger partial charge in [-0.2, -0.15) is 0 Å². The van der Waals surface area contributed by atoms with Crippen LogP contribution in [0.4, 0.5) is 5.82 Å². The molecule has 0 aromatic carbocycles. The Morgan fingerprint density at radius 2 is 2.05 bits per heavy atom. The minimum Gasteiger partial charge on any atom is -0.354 e. The van der Waals surface area contributed by atoms with Crippen LogP contribution in [0, 0.1) is 0 Å². The van der Waals surface area contributed by atoms with Gasteiger partial charge in [0.2, 0.25) is 0 Å². The van der Waals surface area contributed by atoms with Gasteiger partial charge in [-0.3, -0.25) is 4.79 Å². The SMILES string of the molecule is CN(c1cnc(C(=O)NC2CC2)cn1)C1CCS(=O)(=O)C1. The van der Waals surface area contributed by atoms with Crippen LogP contribution in [0.15, 0.2) is 12.4 Å². The highest BCUT2D eigenvalue weighted by molar-refractivity contribution is 7.91. The number of nitrogens with one attached hydrogen (secondary N) is 1. The third-order valence-electron chi connectivity index (χ3n) is 3.90. The van der Waals surface area contributed by atoms with Gasteiger partial charge < -0.3 is 10.2 Å². The number of aromatic nitrogens is 2. The van der Waals surface area contributed by atoms with Crippen LogP contribution in [0.3, 0.4) is 0 Å². The summed E-state index contributed by atoms with van der Waals surface area (Å²) in [7, 11) is -1.13. The highest BCUT2D eigenvalue weighted by atomic mass is 32.2. The summed E-state index contributed by atoms with van der Waals surface area (Å²) in [5, 5.41) is 2.85. The van der Waals surface area contributed by atoms with Crippen molar-refractivity contribution in [2.45, 2.75) is 31.3 Å². The molecule has 21 heavy (non-hydrogen) atoms. The van der Waals surface area contributed by atoms with E-state index in [0.29, 0.717) is 12.2 Å². The van der Waals surface area contributed by atoms with Gasteiger partial charge in [-0.05, 0) is 19.3 Å². The van der Waals surface area contributed by atoms with E-state index in [-0.39, 0.29) is 35.2 Å². The summed E-state index contributed by atoms with van der Waals surface area (Å²) in [5.74, 6) is 0.745. The van der Waals surface area contributed by atoms with Crippen LogP contribution in [0.2, 0.25) is 0 Å². The quantitative estimate of drug-likeness (QED) is 0.841. The van der Waals surface area contributed by atoms with Gasteiger partial charge in [-0.1, -0.05) is 0 Å². The first-order valence-corrected chi connectivity index (χ1v) is 8.83. The maximum absolute atomic E-state index is 11.8. The van der Waals surface area contributed by atoms with Crippen molar-refractivity contribution in [3.05, 3.63) is 18.1 Å². The molecule has 7 nitrogen and oxygen atoms in total. The summed E-state index contributed by atoms with van der Waals surface area (Å²) < 4.78 is 23.0. The molecule has 0 spiro atoms. The lowest BCUT2D eigenvalue weighted by Gasteiger charge is -2.23. The van der Waals surface area contributed by atoms with Crippen molar-refractivity contribution in [2.24, 2.45) is 0 Å². The molecule has 1 atom stereocenters. The number of carbonyl (C=O) groups is 1. The van der Waals surface area contributed by atoms with Crippen LogP contribution >= 0.6 is 0 Å². The summed E-state index contributed by atoms with van der Waals surface area (Å²) in [6, 6.07) is 0.209. The van der Waals surface area contributed by atoms with E-state index in [9.17, 15) is 13.2 Å². The monoisotopic (exact) mass is 310 g/mol. The van der Waals surface area contributed by atoms with Gasteiger partial charge in [0.1, 0.15) is 11.5 Å². The number of sulfone groups is 1. The number of rotatable bonds is 4. The molecular weight excluding hydrogens is 292 g/mol. The number of carbonyl (C=O) groups excluding carboxylic acids is 1. The van der Waals surface area contributed by atoms with Crippen molar-refractivity contribution in [2.75, 3.05) is 23.5 Å². The second kappa shape index (κ2) is 5.25. The molecule has 0 bridgehead atoms. The van der Waals surface area contributed by atoms with Gasteiger partial charge in [-0.15, -0.1) is 0 Å². The predicted octanol–water partition coefficient (Wildman–Crippen LogP) is -0.00790. The van der Waals surface area contributed by atoms with Gasteiger partial charge in [0.25, 0.3) is 5.91 Å². The van der Waals surface area contributed by atoms with E-state index in [2.05, 4.69) is 15.3 Å². The molecule has 3 rings (SSSR count). The van der Waals surface area contributed by atoms with E-state index in [1.165, 1.54) is 12.4 Å². The third kappa shape index (κ3) is 3.31. The maximum Gasteiger partial charge on any atom is 0.271 e. The third-order valence-corrected chi connectivity index (χ3v) is 5.65. The van der Waals surface area contributed by atoms with E-state index in [4.69, 9.17) is 0 Å². The molecule has 1 aliphatic carbocycles. The van der Waals surface area contributed by atoms with Crippen molar-refractivity contribution in [1.82, 2.24) is 15.3 Å². The number of hydrogen-bond donors (Lipinski definition) is 1. The first-order chi connectivity index (χ1) is 9.94. The Balaban J connectivity index is 1.67. The second-order valence-electron chi connectivity index (χ2n) is 5.68. The van der Waals surface area contributed by atoms with E-state index >= 15 is 0 Å². The Kier molecular flexibility index (Phi) is 3.56. The summed E-state index contributed by atoms with van der Waals surface area (Å²) in [6.45, 7) is 0. The van der Waals surface area contributed by atoms with Crippen LogP contribution in [0.5, 0.6) is 0 Å². The zero-order chi connectivity index (χ0) is 15.0. The average molecular weight is 310 g/mol. The van der Waals surface area contributed by atoms with Gasteiger partial charge in [0.15, 0.2) is 9.84 Å². The first kappa shape index (κ1) is 14.2. The largest absolute Gasteiger partial charge is 0.354 e. The van der Waals surface area contributed by atoms with Gasteiger partial charge in [-0.25, -0.2) is 18.4 Å². The van der Waals surface area contributed by atoms with E-state index < -0.39 is 9.84 Å². The predicted molar refractivity (Wildman–Crippen MR) is 78.0 cm³/mol. The molecule has 2 aliphatic rings. The second-order valence-corrected chi connectivity index (χ2v) is 7.90. The van der Waals surface area contributed by atoms with Crippen molar-refractivity contribution < 1.29 is 13.2 Å². The molecule has 8 heteroatoms. The molecule has 0 radical (unpaired) electrons. The summed E-state index contributed by atoms with van der Waals surface area (Å²) in [5.41, 5.74) is 0.290. The summed E-state index contributed by atoms with van der Waals surface area (Å²) in [6.07, 6.45) is 5.61. The standard InChI is InChI=1S/C13H18N4O3S/c1-17(10-4-5-21(19,20)8-10)12-7-14-11(6-15-12)13(18)16-9-2-3-9/h6-7,9-10H,2-5,8H2,1H3,(H,16,18). The zero-order valence-corrected chi connectivity index (χ0v) is 12.6. The maximum atomic E-state index is 11.8. The Morgan fingerprint density at radius 1 is 1.29 bits per heavy atom. The van der Waals surface area contributed by atoms with Crippen LogP contribution in [0.25, 0.3) is 0 Å². The summed E-state index contributed by atoms with van der Waals surface area (Å²) >= 11 is 0. The molecular formula is C13H18N4O3S. The molecule has 1 saturated heterocycles. The van der Waals surface area contributed by atoms with Gasteiger partial charge >= 0.3 is 0 Å². The van der Waals surface area contributed by atoms with Crippen LogP contribution in [-0.4, -0.2) is 54.9 Å². The number of amides is 1. The first-order valence-electron chi connectivity index (χ1n) is 7.01. The normalized spacial score (nSPS) is 23.8. The number of anilines is 1. The van der Waals surface area contributed by atoms with Gasteiger partial charge in [0.05, 0.1) is 23.9 Å². The molecule has 2 fully saturated rings. The molecule has 1 N–H and O–H groups in total. The fourth-order valence-electron chi connectivity index (χ4n) is 2.38. The van der Waals surface area contributed by atoms with Crippen molar-refractivity contribution in [3.63, 3.8) is 0 Å². The van der Waals surface area contributed by atoms with E-state index in [1.54, 1.807) is 7.05 Å². The highest BCUT2D eigenvalue weighted by Crippen LogP contribution is 2.21. The molecule has 114 valence electrons. The van der Waals surface area contributed by atoms with Crippen molar-refractivity contribution >= 4 is 21.6 Å². The Hall–Kier alpha value is -1.70. The minimum absolute atomic E-state index is 0.0737. The Bertz CT molecular complexity index is 640. The molecule has 1 amide bonds.